The van der Waals surface area contributed by atoms with Gasteiger partial charge in [-0.25, -0.2) is 0 Å². The SMILES string of the molecule is CCC(C)N(C)CCn1c(-c2ccccc2)c[nH]c1=S. The van der Waals surface area contributed by atoms with Gasteiger partial charge in [0.05, 0.1) is 5.69 Å². The number of rotatable bonds is 6. The average Bonchev–Trinajstić information content (AvgIpc) is 2.85. The molecule has 1 aromatic heterocycles. The minimum Gasteiger partial charge on any atom is -0.337 e. The lowest BCUT2D eigenvalue weighted by Crippen LogP contribution is -2.31. The van der Waals surface area contributed by atoms with Gasteiger partial charge in [-0.3, -0.25) is 0 Å². The predicted octanol–water partition coefficient (Wildman–Crippen LogP) is 3.94. The van der Waals surface area contributed by atoms with Crippen LogP contribution in [-0.4, -0.2) is 34.1 Å². The number of aromatic nitrogens is 2. The van der Waals surface area contributed by atoms with Crippen LogP contribution in [0.3, 0.4) is 0 Å². The van der Waals surface area contributed by atoms with Crippen molar-refractivity contribution in [2.24, 2.45) is 0 Å². The molecule has 0 saturated carbocycles. The van der Waals surface area contributed by atoms with E-state index in [0.717, 1.165) is 23.6 Å². The van der Waals surface area contributed by atoms with E-state index in [1.807, 2.05) is 12.3 Å². The second kappa shape index (κ2) is 6.86. The number of imidazole rings is 1. The minimum absolute atomic E-state index is 0.600. The van der Waals surface area contributed by atoms with Crippen LogP contribution < -0.4 is 0 Å². The molecule has 0 aliphatic rings. The Kier molecular flexibility index (Phi) is 5.15. The second-order valence-electron chi connectivity index (χ2n) is 5.23. The predicted molar refractivity (Wildman–Crippen MR) is 87.4 cm³/mol. The molecular weight excluding hydrogens is 266 g/mol. The second-order valence-corrected chi connectivity index (χ2v) is 5.62. The van der Waals surface area contributed by atoms with Crippen molar-refractivity contribution in [1.82, 2.24) is 14.5 Å². The van der Waals surface area contributed by atoms with Crippen molar-refractivity contribution in [1.29, 1.82) is 0 Å². The molecule has 1 aromatic carbocycles. The molecule has 108 valence electrons. The van der Waals surface area contributed by atoms with Gasteiger partial charge in [0.25, 0.3) is 0 Å². The maximum Gasteiger partial charge on any atom is 0.177 e. The van der Waals surface area contributed by atoms with E-state index in [9.17, 15) is 0 Å². The van der Waals surface area contributed by atoms with Crippen molar-refractivity contribution in [2.45, 2.75) is 32.9 Å². The molecule has 1 N–H and O–H groups in total. The molecule has 0 radical (unpaired) electrons. The number of hydrogen-bond acceptors (Lipinski definition) is 2. The van der Waals surface area contributed by atoms with Gasteiger partial charge in [0.15, 0.2) is 4.77 Å². The summed E-state index contributed by atoms with van der Waals surface area (Å²) >= 11 is 5.41. The molecule has 1 unspecified atom stereocenters. The number of aromatic amines is 1. The van der Waals surface area contributed by atoms with Crippen molar-refractivity contribution < 1.29 is 0 Å². The molecule has 0 spiro atoms. The molecule has 20 heavy (non-hydrogen) atoms. The van der Waals surface area contributed by atoms with E-state index in [0.29, 0.717) is 6.04 Å². The molecule has 0 saturated heterocycles. The molecule has 3 nitrogen and oxygen atoms in total. The zero-order valence-electron chi connectivity index (χ0n) is 12.5. The number of nitrogens with one attached hydrogen (secondary N) is 1. The van der Waals surface area contributed by atoms with Gasteiger partial charge in [-0.15, -0.1) is 0 Å². The molecule has 2 rings (SSSR count). The van der Waals surface area contributed by atoms with E-state index in [4.69, 9.17) is 12.2 Å². The number of hydrogen-bond donors (Lipinski definition) is 1. The highest BCUT2D eigenvalue weighted by Gasteiger charge is 2.10. The third-order valence-corrected chi connectivity index (χ3v) is 4.30. The summed E-state index contributed by atoms with van der Waals surface area (Å²) in [5, 5.41) is 0. The summed E-state index contributed by atoms with van der Waals surface area (Å²) < 4.78 is 2.98. The Bertz CT molecular complexity index is 585. The molecule has 0 amide bonds. The highest BCUT2D eigenvalue weighted by atomic mass is 32.1. The zero-order chi connectivity index (χ0) is 14.5. The molecule has 0 aliphatic carbocycles. The monoisotopic (exact) mass is 289 g/mol. The van der Waals surface area contributed by atoms with Gasteiger partial charge in [-0.05, 0) is 38.2 Å². The van der Waals surface area contributed by atoms with Crippen LogP contribution >= 0.6 is 12.2 Å². The largest absolute Gasteiger partial charge is 0.337 e. The Labute approximate surface area is 126 Å². The summed E-state index contributed by atoms with van der Waals surface area (Å²) in [6.07, 6.45) is 3.17. The topological polar surface area (TPSA) is 24.0 Å². The molecule has 0 aliphatic heterocycles. The van der Waals surface area contributed by atoms with Gasteiger partial charge in [-0.1, -0.05) is 37.3 Å². The average molecular weight is 289 g/mol. The van der Waals surface area contributed by atoms with Crippen LogP contribution in [0.4, 0.5) is 0 Å². The Hall–Kier alpha value is -1.39. The zero-order valence-corrected chi connectivity index (χ0v) is 13.3. The quantitative estimate of drug-likeness (QED) is 0.814. The summed E-state index contributed by atoms with van der Waals surface area (Å²) in [6.45, 7) is 6.39. The summed E-state index contributed by atoms with van der Waals surface area (Å²) in [4.78, 5) is 5.54. The summed E-state index contributed by atoms with van der Waals surface area (Å²) in [6, 6.07) is 11.0. The first-order valence-corrected chi connectivity index (χ1v) is 7.58. The smallest absolute Gasteiger partial charge is 0.177 e. The highest BCUT2D eigenvalue weighted by Crippen LogP contribution is 2.19. The summed E-state index contributed by atoms with van der Waals surface area (Å²) in [5.41, 5.74) is 2.36. The van der Waals surface area contributed by atoms with E-state index < -0.39 is 0 Å². The van der Waals surface area contributed by atoms with E-state index in [1.165, 1.54) is 12.0 Å². The van der Waals surface area contributed by atoms with Crippen LogP contribution in [0, 0.1) is 4.77 Å². The normalized spacial score (nSPS) is 12.8. The van der Waals surface area contributed by atoms with Crippen molar-refractivity contribution in [3.8, 4) is 11.3 Å². The molecule has 0 fully saturated rings. The summed E-state index contributed by atoms with van der Waals surface area (Å²) in [5.74, 6) is 0. The summed E-state index contributed by atoms with van der Waals surface area (Å²) in [7, 11) is 2.17. The van der Waals surface area contributed by atoms with E-state index in [1.54, 1.807) is 0 Å². The van der Waals surface area contributed by atoms with Crippen molar-refractivity contribution >= 4 is 12.2 Å². The molecule has 1 atom stereocenters. The Morgan fingerprint density at radius 2 is 2.00 bits per heavy atom. The van der Waals surface area contributed by atoms with Gasteiger partial charge in [0, 0.05) is 25.3 Å². The van der Waals surface area contributed by atoms with Gasteiger partial charge in [0.2, 0.25) is 0 Å². The molecule has 2 aromatic rings. The molecule has 4 heteroatoms. The van der Waals surface area contributed by atoms with Crippen LogP contribution in [0.25, 0.3) is 11.3 Å². The molecule has 0 bridgehead atoms. The van der Waals surface area contributed by atoms with Crippen molar-refractivity contribution in [3.63, 3.8) is 0 Å². The Morgan fingerprint density at radius 3 is 2.65 bits per heavy atom. The first kappa shape index (κ1) is 15.0. The van der Waals surface area contributed by atoms with E-state index >= 15 is 0 Å². The number of benzene rings is 1. The van der Waals surface area contributed by atoms with Gasteiger partial charge in [-0.2, -0.15) is 0 Å². The third-order valence-electron chi connectivity index (χ3n) is 3.96. The van der Waals surface area contributed by atoms with E-state index in [-0.39, 0.29) is 0 Å². The number of nitrogens with zero attached hydrogens (tertiary/aromatic N) is 2. The number of H-pyrrole nitrogens is 1. The fraction of sp³-hybridized carbons (Fsp3) is 0.438. The van der Waals surface area contributed by atoms with Gasteiger partial charge in [0.1, 0.15) is 0 Å². The third kappa shape index (κ3) is 3.38. The lowest BCUT2D eigenvalue weighted by Gasteiger charge is -2.24. The van der Waals surface area contributed by atoms with Crippen molar-refractivity contribution in [3.05, 3.63) is 41.3 Å². The lowest BCUT2D eigenvalue weighted by atomic mass is 10.2. The molecular formula is C16H23N3S. The highest BCUT2D eigenvalue weighted by molar-refractivity contribution is 7.71. The van der Waals surface area contributed by atoms with E-state index in [2.05, 4.69) is 59.6 Å². The Morgan fingerprint density at radius 1 is 1.30 bits per heavy atom. The van der Waals surface area contributed by atoms with Crippen LogP contribution in [0.2, 0.25) is 0 Å². The van der Waals surface area contributed by atoms with Crippen LogP contribution in [0.15, 0.2) is 36.5 Å². The van der Waals surface area contributed by atoms with Crippen LogP contribution in [0.1, 0.15) is 20.3 Å². The fourth-order valence-electron chi connectivity index (χ4n) is 2.26. The molecule has 1 heterocycles. The van der Waals surface area contributed by atoms with Gasteiger partial charge >= 0.3 is 0 Å². The minimum atomic E-state index is 0.600. The van der Waals surface area contributed by atoms with Crippen LogP contribution in [0.5, 0.6) is 0 Å². The lowest BCUT2D eigenvalue weighted by molar-refractivity contribution is 0.242. The first-order valence-electron chi connectivity index (χ1n) is 7.17. The maximum absolute atomic E-state index is 5.41. The maximum atomic E-state index is 5.41. The standard InChI is InChI=1S/C16H23N3S/c1-4-13(2)18(3)10-11-19-15(12-17-16(19)20)14-8-6-5-7-9-14/h5-9,12-13H,4,10-11H2,1-3H3,(H,17,20). The fourth-order valence-corrected chi connectivity index (χ4v) is 2.50. The number of likely N-dealkylation sites (N-methyl/N-ethyl adjacent to an activating group) is 1. The van der Waals surface area contributed by atoms with Gasteiger partial charge < -0.3 is 14.5 Å². The van der Waals surface area contributed by atoms with Crippen molar-refractivity contribution in [2.75, 3.05) is 13.6 Å². The Balaban J connectivity index is 2.17. The first-order chi connectivity index (χ1) is 9.63. The van der Waals surface area contributed by atoms with Crippen LogP contribution in [-0.2, 0) is 6.54 Å².